The van der Waals surface area contributed by atoms with Gasteiger partial charge in [0.05, 0.1) is 29.1 Å². The fourth-order valence-electron chi connectivity index (χ4n) is 3.81. The predicted octanol–water partition coefficient (Wildman–Crippen LogP) is 5.15. The van der Waals surface area contributed by atoms with Gasteiger partial charge >= 0.3 is 0 Å². The van der Waals surface area contributed by atoms with Gasteiger partial charge < -0.3 is 13.7 Å². The van der Waals surface area contributed by atoms with E-state index in [4.69, 9.17) is 36.9 Å². The van der Waals surface area contributed by atoms with E-state index < -0.39 is 17.4 Å². The van der Waals surface area contributed by atoms with Crippen LogP contribution in [-0.2, 0) is 0 Å². The lowest BCUT2D eigenvalue weighted by molar-refractivity contribution is 0.0969. The highest BCUT2D eigenvalue weighted by atomic mass is 35.5. The van der Waals surface area contributed by atoms with Crippen LogP contribution in [0.1, 0.15) is 33.5 Å². The molecular formula is C22H14Cl2N2O5. The smallest absolute Gasteiger partial charge is 0.296 e. The summed E-state index contributed by atoms with van der Waals surface area (Å²) in [5.74, 6) is 0.812. The zero-order valence-corrected chi connectivity index (χ0v) is 17.8. The molecule has 1 atom stereocenters. The first-order valence-electron chi connectivity index (χ1n) is 9.25. The average molecular weight is 457 g/mol. The maximum atomic E-state index is 13.5. The number of carbonyl (C=O) groups is 1. The number of carbonyl (C=O) groups excluding carboxylic acids is 1. The van der Waals surface area contributed by atoms with E-state index in [0.29, 0.717) is 22.1 Å². The second kappa shape index (κ2) is 7.14. The molecule has 0 bridgehead atoms. The SMILES string of the molecule is COc1ccc([C@H]2c3c(oc4c(Cl)cc(Cl)cc4c3=O)C(=O)N2c2cc(C)on2)cc1. The van der Waals surface area contributed by atoms with Gasteiger partial charge in [-0.2, -0.15) is 0 Å². The van der Waals surface area contributed by atoms with Crippen LogP contribution in [-0.4, -0.2) is 18.2 Å². The minimum absolute atomic E-state index is 0.0943. The number of aryl methyl sites for hydroxylation is 1. The van der Waals surface area contributed by atoms with Crippen LogP contribution in [0.5, 0.6) is 5.75 Å². The Morgan fingerprint density at radius 1 is 1.10 bits per heavy atom. The summed E-state index contributed by atoms with van der Waals surface area (Å²) < 4.78 is 16.3. The third-order valence-electron chi connectivity index (χ3n) is 5.18. The van der Waals surface area contributed by atoms with Crippen LogP contribution in [0.15, 0.2) is 56.2 Å². The molecule has 9 heteroatoms. The van der Waals surface area contributed by atoms with Crippen molar-refractivity contribution in [2.24, 2.45) is 0 Å². The zero-order chi connectivity index (χ0) is 21.9. The van der Waals surface area contributed by atoms with Crippen molar-refractivity contribution in [2.45, 2.75) is 13.0 Å². The van der Waals surface area contributed by atoms with Crippen molar-refractivity contribution in [3.05, 3.63) is 85.4 Å². The van der Waals surface area contributed by atoms with Gasteiger partial charge in [0.15, 0.2) is 16.8 Å². The van der Waals surface area contributed by atoms with Crippen LogP contribution < -0.4 is 15.1 Å². The Morgan fingerprint density at radius 3 is 2.48 bits per heavy atom. The van der Waals surface area contributed by atoms with E-state index in [1.807, 2.05) is 0 Å². The lowest BCUT2D eigenvalue weighted by Crippen LogP contribution is -2.29. The number of benzene rings is 2. The van der Waals surface area contributed by atoms with E-state index in [2.05, 4.69) is 5.16 Å². The molecule has 31 heavy (non-hydrogen) atoms. The molecule has 2 aromatic heterocycles. The van der Waals surface area contributed by atoms with Crippen molar-refractivity contribution < 1.29 is 18.5 Å². The molecule has 0 radical (unpaired) electrons. The van der Waals surface area contributed by atoms with Gasteiger partial charge in [-0.15, -0.1) is 0 Å². The Bertz CT molecular complexity index is 1410. The van der Waals surface area contributed by atoms with Crippen LogP contribution in [0, 0.1) is 6.92 Å². The molecule has 1 aliphatic heterocycles. The monoisotopic (exact) mass is 456 g/mol. The number of ether oxygens (including phenoxy) is 1. The summed E-state index contributed by atoms with van der Waals surface area (Å²) in [6.45, 7) is 1.71. The number of rotatable bonds is 3. The third kappa shape index (κ3) is 3.00. The highest BCUT2D eigenvalue weighted by Crippen LogP contribution is 2.42. The largest absolute Gasteiger partial charge is 0.497 e. The molecule has 1 amide bonds. The standard InChI is InChI=1S/C22H14Cl2N2O5/c1-10-7-16(25-31-10)26-18(11-3-5-13(29-2)6-4-11)17-19(27)14-8-12(23)9-15(24)20(14)30-21(17)22(26)28/h3-9,18H,1-2H3/t18-/m0/s1. The number of hydrogen-bond acceptors (Lipinski definition) is 6. The summed E-state index contributed by atoms with van der Waals surface area (Å²) in [6.07, 6.45) is 0. The second-order valence-corrected chi connectivity index (χ2v) is 7.93. The lowest BCUT2D eigenvalue weighted by Gasteiger charge is -2.22. The minimum Gasteiger partial charge on any atom is -0.497 e. The molecule has 0 fully saturated rings. The fourth-order valence-corrected chi connectivity index (χ4v) is 4.34. The first-order valence-corrected chi connectivity index (χ1v) is 10.0. The Morgan fingerprint density at radius 2 is 1.84 bits per heavy atom. The third-order valence-corrected chi connectivity index (χ3v) is 5.68. The van der Waals surface area contributed by atoms with Gasteiger partial charge in [-0.05, 0) is 36.8 Å². The first-order chi connectivity index (χ1) is 14.9. The molecule has 3 heterocycles. The molecule has 2 aromatic carbocycles. The molecule has 156 valence electrons. The van der Waals surface area contributed by atoms with E-state index in [1.54, 1.807) is 44.4 Å². The van der Waals surface area contributed by atoms with E-state index in [1.165, 1.54) is 17.0 Å². The molecule has 0 aliphatic carbocycles. The molecule has 0 saturated carbocycles. The number of halogens is 2. The lowest BCUT2D eigenvalue weighted by atomic mass is 9.98. The molecule has 0 spiro atoms. The highest BCUT2D eigenvalue weighted by Gasteiger charge is 2.45. The maximum Gasteiger partial charge on any atom is 0.296 e. The molecule has 5 rings (SSSR count). The Kier molecular flexibility index (Phi) is 4.53. The summed E-state index contributed by atoms with van der Waals surface area (Å²) in [6, 6.07) is 10.8. The molecule has 0 N–H and O–H groups in total. The molecule has 4 aromatic rings. The Hall–Kier alpha value is -3.29. The van der Waals surface area contributed by atoms with Gasteiger partial charge in [0.2, 0.25) is 5.76 Å². The maximum absolute atomic E-state index is 13.5. The van der Waals surface area contributed by atoms with Gasteiger partial charge in [0.1, 0.15) is 11.5 Å². The number of fused-ring (bicyclic) bond motifs is 2. The van der Waals surface area contributed by atoms with E-state index in [9.17, 15) is 9.59 Å². The van der Waals surface area contributed by atoms with Crippen molar-refractivity contribution in [1.29, 1.82) is 0 Å². The highest BCUT2D eigenvalue weighted by molar-refractivity contribution is 6.38. The van der Waals surface area contributed by atoms with Gasteiger partial charge in [-0.3, -0.25) is 14.5 Å². The van der Waals surface area contributed by atoms with Crippen molar-refractivity contribution in [3.8, 4) is 5.75 Å². The van der Waals surface area contributed by atoms with Crippen LogP contribution in [0.4, 0.5) is 5.82 Å². The van der Waals surface area contributed by atoms with Gasteiger partial charge in [-0.25, -0.2) is 0 Å². The summed E-state index contributed by atoms with van der Waals surface area (Å²) in [4.78, 5) is 28.3. The topological polar surface area (TPSA) is 85.8 Å². The normalized spacial score (nSPS) is 15.5. The number of aromatic nitrogens is 1. The van der Waals surface area contributed by atoms with Gasteiger partial charge in [0, 0.05) is 11.1 Å². The molecule has 1 aliphatic rings. The van der Waals surface area contributed by atoms with Crippen LogP contribution in [0.3, 0.4) is 0 Å². The average Bonchev–Trinajstić information content (AvgIpc) is 3.30. The van der Waals surface area contributed by atoms with Gasteiger partial charge in [0.25, 0.3) is 5.91 Å². The summed E-state index contributed by atoms with van der Waals surface area (Å²) >= 11 is 12.4. The van der Waals surface area contributed by atoms with Crippen LogP contribution >= 0.6 is 23.2 Å². The van der Waals surface area contributed by atoms with Crippen molar-refractivity contribution in [1.82, 2.24) is 5.16 Å². The van der Waals surface area contributed by atoms with Crippen LogP contribution in [0.25, 0.3) is 11.0 Å². The van der Waals surface area contributed by atoms with E-state index >= 15 is 0 Å². The van der Waals surface area contributed by atoms with E-state index in [0.717, 1.165) is 0 Å². The summed E-state index contributed by atoms with van der Waals surface area (Å²) in [5.41, 5.74) is 0.572. The zero-order valence-electron chi connectivity index (χ0n) is 16.3. The van der Waals surface area contributed by atoms with Crippen molar-refractivity contribution >= 4 is 45.9 Å². The van der Waals surface area contributed by atoms with Gasteiger partial charge in [-0.1, -0.05) is 40.5 Å². The molecule has 0 saturated heterocycles. The number of anilines is 1. The first kappa shape index (κ1) is 19.7. The number of methoxy groups -OCH3 is 1. The fraction of sp³-hybridized carbons (Fsp3) is 0.136. The van der Waals surface area contributed by atoms with Crippen molar-refractivity contribution in [2.75, 3.05) is 12.0 Å². The molecular weight excluding hydrogens is 443 g/mol. The van der Waals surface area contributed by atoms with E-state index in [-0.39, 0.29) is 33.1 Å². The predicted molar refractivity (Wildman–Crippen MR) is 115 cm³/mol. The summed E-state index contributed by atoms with van der Waals surface area (Å²) in [5, 5.41) is 4.62. The van der Waals surface area contributed by atoms with Crippen molar-refractivity contribution in [3.63, 3.8) is 0 Å². The number of nitrogens with zero attached hydrogens (tertiary/aromatic N) is 2. The Labute approximate surface area is 185 Å². The molecule has 7 nitrogen and oxygen atoms in total. The number of hydrogen-bond donors (Lipinski definition) is 0. The molecule has 0 unspecified atom stereocenters. The summed E-state index contributed by atoms with van der Waals surface area (Å²) in [7, 11) is 1.56. The Balaban J connectivity index is 1.82. The quantitative estimate of drug-likeness (QED) is 0.423. The second-order valence-electron chi connectivity index (χ2n) is 7.08. The van der Waals surface area contributed by atoms with Crippen LogP contribution in [0.2, 0.25) is 10.0 Å². The number of amides is 1. The minimum atomic E-state index is -0.781.